The van der Waals surface area contributed by atoms with E-state index in [2.05, 4.69) is 31.4 Å². The Hall–Kier alpha value is -0.720. The third-order valence-corrected chi connectivity index (χ3v) is 4.15. The summed E-state index contributed by atoms with van der Waals surface area (Å²) in [6.45, 7) is 11.2. The third kappa shape index (κ3) is 2.69. The summed E-state index contributed by atoms with van der Waals surface area (Å²) in [5.74, 6) is 1.62. The number of allylic oxidation sites excluding steroid dienone is 3. The van der Waals surface area contributed by atoms with Crippen molar-refractivity contribution in [2.75, 3.05) is 13.1 Å². The maximum atomic E-state index is 4.09. The Kier molecular flexibility index (Phi) is 3.73. The van der Waals surface area contributed by atoms with Gasteiger partial charge in [0.05, 0.1) is 0 Å². The Labute approximate surface area is 100 Å². The molecule has 1 fully saturated rings. The SMILES string of the molecule is C=C(C)[C@H]1CC=C(N2CCCC(C)C2)CC1. The van der Waals surface area contributed by atoms with E-state index in [1.165, 1.54) is 50.8 Å². The van der Waals surface area contributed by atoms with E-state index in [4.69, 9.17) is 0 Å². The predicted octanol–water partition coefficient (Wildman–Crippen LogP) is 3.98. The van der Waals surface area contributed by atoms with Crippen LogP contribution in [0.15, 0.2) is 23.9 Å². The van der Waals surface area contributed by atoms with Crippen LogP contribution in [0.2, 0.25) is 0 Å². The molecule has 2 rings (SSSR count). The molecule has 0 aromatic heterocycles. The molecule has 0 radical (unpaired) electrons. The van der Waals surface area contributed by atoms with Crippen LogP contribution < -0.4 is 0 Å². The Balaban J connectivity index is 1.93. The minimum absolute atomic E-state index is 0.742. The standard InChI is InChI=1S/C15H25N/c1-12(2)14-6-8-15(9-7-14)16-10-4-5-13(3)11-16/h8,13-14H,1,4-7,9-11H2,2-3H3/t13?,14-/m0/s1. The van der Waals surface area contributed by atoms with Gasteiger partial charge < -0.3 is 4.90 Å². The first kappa shape index (κ1) is 11.8. The number of hydrogen-bond acceptors (Lipinski definition) is 1. The molecule has 90 valence electrons. The molecule has 16 heavy (non-hydrogen) atoms. The highest BCUT2D eigenvalue weighted by Crippen LogP contribution is 2.31. The number of hydrogen-bond donors (Lipinski definition) is 0. The molecule has 2 atom stereocenters. The van der Waals surface area contributed by atoms with E-state index in [-0.39, 0.29) is 0 Å². The van der Waals surface area contributed by atoms with Crippen LogP contribution in [0.25, 0.3) is 0 Å². The molecule has 1 heteroatoms. The van der Waals surface area contributed by atoms with Gasteiger partial charge in [0.1, 0.15) is 0 Å². The summed E-state index contributed by atoms with van der Waals surface area (Å²) < 4.78 is 0. The second-order valence-corrected chi connectivity index (χ2v) is 5.71. The quantitative estimate of drug-likeness (QED) is 0.635. The Morgan fingerprint density at radius 2 is 2.25 bits per heavy atom. The van der Waals surface area contributed by atoms with Crippen LogP contribution >= 0.6 is 0 Å². The lowest BCUT2D eigenvalue weighted by molar-refractivity contribution is 0.216. The van der Waals surface area contributed by atoms with Crippen molar-refractivity contribution in [3.63, 3.8) is 0 Å². The molecule has 1 nitrogen and oxygen atoms in total. The van der Waals surface area contributed by atoms with Gasteiger partial charge in [0.15, 0.2) is 0 Å². The first-order valence-electron chi connectivity index (χ1n) is 6.76. The van der Waals surface area contributed by atoms with E-state index in [0.717, 1.165) is 11.8 Å². The van der Waals surface area contributed by atoms with Gasteiger partial charge in [-0.2, -0.15) is 0 Å². The number of likely N-dealkylation sites (tertiary alicyclic amines) is 1. The van der Waals surface area contributed by atoms with Crippen molar-refractivity contribution in [2.45, 2.75) is 46.0 Å². The van der Waals surface area contributed by atoms with E-state index >= 15 is 0 Å². The van der Waals surface area contributed by atoms with Crippen LogP contribution in [0.5, 0.6) is 0 Å². The van der Waals surface area contributed by atoms with Crippen molar-refractivity contribution in [3.05, 3.63) is 23.9 Å². The van der Waals surface area contributed by atoms with Crippen LogP contribution in [0.4, 0.5) is 0 Å². The van der Waals surface area contributed by atoms with Gasteiger partial charge in [-0.3, -0.25) is 0 Å². The minimum atomic E-state index is 0.742. The Bertz CT molecular complexity index is 290. The van der Waals surface area contributed by atoms with E-state index in [0.29, 0.717) is 0 Å². The molecule has 1 heterocycles. The van der Waals surface area contributed by atoms with Gasteiger partial charge >= 0.3 is 0 Å². The predicted molar refractivity (Wildman–Crippen MR) is 70.2 cm³/mol. The number of nitrogens with zero attached hydrogens (tertiary/aromatic N) is 1. The fourth-order valence-corrected chi connectivity index (χ4v) is 3.01. The van der Waals surface area contributed by atoms with Gasteiger partial charge in [0.2, 0.25) is 0 Å². The first-order valence-corrected chi connectivity index (χ1v) is 6.76. The molecular formula is C15H25N. The van der Waals surface area contributed by atoms with E-state index < -0.39 is 0 Å². The summed E-state index contributed by atoms with van der Waals surface area (Å²) >= 11 is 0. The van der Waals surface area contributed by atoms with Gasteiger partial charge in [-0.25, -0.2) is 0 Å². The molecule has 0 bridgehead atoms. The summed E-state index contributed by atoms with van der Waals surface area (Å²) in [5, 5.41) is 0. The van der Waals surface area contributed by atoms with Crippen LogP contribution in [0, 0.1) is 11.8 Å². The lowest BCUT2D eigenvalue weighted by Crippen LogP contribution is -2.34. The summed E-state index contributed by atoms with van der Waals surface area (Å²) in [4.78, 5) is 2.63. The van der Waals surface area contributed by atoms with Crippen molar-refractivity contribution in [2.24, 2.45) is 11.8 Å². The molecule has 0 amide bonds. The molecule has 0 aromatic carbocycles. The molecule has 1 aliphatic heterocycles. The zero-order valence-electron chi connectivity index (χ0n) is 10.8. The smallest absolute Gasteiger partial charge is 0.0200 e. The van der Waals surface area contributed by atoms with Gasteiger partial charge in [0.25, 0.3) is 0 Å². The topological polar surface area (TPSA) is 3.24 Å². The van der Waals surface area contributed by atoms with Gasteiger partial charge in [-0.1, -0.05) is 25.2 Å². The summed E-state index contributed by atoms with van der Waals surface area (Å²) in [7, 11) is 0. The van der Waals surface area contributed by atoms with Crippen molar-refractivity contribution >= 4 is 0 Å². The highest BCUT2D eigenvalue weighted by Gasteiger charge is 2.22. The maximum Gasteiger partial charge on any atom is 0.0200 e. The molecule has 0 N–H and O–H groups in total. The average Bonchev–Trinajstić information content (AvgIpc) is 2.29. The minimum Gasteiger partial charge on any atom is -0.375 e. The van der Waals surface area contributed by atoms with E-state index in [9.17, 15) is 0 Å². The second-order valence-electron chi connectivity index (χ2n) is 5.71. The summed E-state index contributed by atoms with van der Waals surface area (Å²) in [6.07, 6.45) is 9.06. The van der Waals surface area contributed by atoms with E-state index in [1.54, 1.807) is 5.70 Å². The fraction of sp³-hybridized carbons (Fsp3) is 0.733. The maximum absolute atomic E-state index is 4.09. The molecule has 1 unspecified atom stereocenters. The fourth-order valence-electron chi connectivity index (χ4n) is 3.01. The third-order valence-electron chi connectivity index (χ3n) is 4.15. The van der Waals surface area contributed by atoms with Gasteiger partial charge in [0, 0.05) is 18.8 Å². The first-order chi connectivity index (χ1) is 7.66. The zero-order valence-corrected chi connectivity index (χ0v) is 10.8. The molecular weight excluding hydrogens is 194 g/mol. The lowest BCUT2D eigenvalue weighted by atomic mass is 9.86. The highest BCUT2D eigenvalue weighted by molar-refractivity contribution is 5.12. The van der Waals surface area contributed by atoms with Gasteiger partial charge in [-0.15, -0.1) is 0 Å². The molecule has 1 saturated heterocycles. The zero-order chi connectivity index (χ0) is 11.5. The van der Waals surface area contributed by atoms with Crippen molar-refractivity contribution in [1.29, 1.82) is 0 Å². The van der Waals surface area contributed by atoms with Gasteiger partial charge in [-0.05, 0) is 50.9 Å². The van der Waals surface area contributed by atoms with Crippen LogP contribution in [0.3, 0.4) is 0 Å². The highest BCUT2D eigenvalue weighted by atomic mass is 15.1. The van der Waals surface area contributed by atoms with E-state index in [1.807, 2.05) is 0 Å². The lowest BCUT2D eigenvalue weighted by Gasteiger charge is -2.37. The molecule has 2 aliphatic rings. The molecule has 1 aliphatic carbocycles. The molecule has 0 saturated carbocycles. The summed E-state index contributed by atoms with van der Waals surface area (Å²) in [5.41, 5.74) is 2.98. The van der Waals surface area contributed by atoms with Crippen molar-refractivity contribution in [3.8, 4) is 0 Å². The van der Waals surface area contributed by atoms with Crippen LogP contribution in [0.1, 0.15) is 46.0 Å². The largest absolute Gasteiger partial charge is 0.375 e. The Morgan fingerprint density at radius 1 is 1.44 bits per heavy atom. The number of piperidine rings is 1. The number of rotatable bonds is 2. The normalized spacial score (nSPS) is 31.1. The second kappa shape index (κ2) is 5.07. The average molecular weight is 219 g/mol. The van der Waals surface area contributed by atoms with Crippen molar-refractivity contribution < 1.29 is 0 Å². The summed E-state index contributed by atoms with van der Waals surface area (Å²) in [6, 6.07) is 0. The van der Waals surface area contributed by atoms with Crippen LogP contribution in [-0.2, 0) is 0 Å². The monoisotopic (exact) mass is 219 g/mol. The van der Waals surface area contributed by atoms with Crippen molar-refractivity contribution in [1.82, 2.24) is 4.90 Å². The van der Waals surface area contributed by atoms with Crippen LogP contribution in [-0.4, -0.2) is 18.0 Å². The molecule has 0 spiro atoms. The Morgan fingerprint density at radius 3 is 2.81 bits per heavy atom. The molecule has 0 aromatic rings.